The minimum absolute atomic E-state index is 0.0701. The van der Waals surface area contributed by atoms with Gasteiger partial charge in [-0.15, -0.1) is 0 Å². The van der Waals surface area contributed by atoms with Crippen molar-refractivity contribution in [2.45, 2.75) is 20.0 Å². The molecule has 0 unspecified atom stereocenters. The molecule has 0 saturated heterocycles. The van der Waals surface area contributed by atoms with Crippen LogP contribution in [0.3, 0.4) is 0 Å². The van der Waals surface area contributed by atoms with Crippen molar-refractivity contribution in [3.63, 3.8) is 0 Å². The summed E-state index contributed by atoms with van der Waals surface area (Å²) in [4.78, 5) is 19.0. The molecule has 18 heavy (non-hydrogen) atoms. The van der Waals surface area contributed by atoms with Gasteiger partial charge in [0.25, 0.3) is 0 Å². The lowest BCUT2D eigenvalue weighted by atomic mass is 10.1. The van der Waals surface area contributed by atoms with Crippen LogP contribution in [0.4, 0.5) is 13.2 Å². The highest BCUT2D eigenvalue weighted by Gasteiger charge is 2.30. The number of benzene rings is 1. The lowest BCUT2D eigenvalue weighted by Crippen LogP contribution is -2.07. The number of hydrogen-bond acceptors (Lipinski definition) is 3. The molecule has 0 aliphatic rings. The Hall–Kier alpha value is -1.98. The normalized spacial score (nSPS) is 11.8. The quantitative estimate of drug-likeness (QED) is 0.734. The number of nitrogens with zero attached hydrogens (tertiary/aromatic N) is 2. The highest BCUT2D eigenvalue weighted by molar-refractivity contribution is 5.93. The molecule has 0 N–H and O–H groups in total. The Morgan fingerprint density at radius 2 is 1.89 bits per heavy atom. The average molecular weight is 254 g/mol. The number of hydrogen-bond donors (Lipinski definition) is 0. The van der Waals surface area contributed by atoms with Gasteiger partial charge in [0.1, 0.15) is 0 Å². The summed E-state index contributed by atoms with van der Waals surface area (Å²) in [6.07, 6.45) is -4.43. The van der Waals surface area contributed by atoms with Crippen molar-refractivity contribution in [1.82, 2.24) is 9.97 Å². The van der Waals surface area contributed by atoms with Crippen LogP contribution in [0.25, 0.3) is 10.9 Å². The van der Waals surface area contributed by atoms with Crippen molar-refractivity contribution in [1.29, 1.82) is 0 Å². The van der Waals surface area contributed by atoms with E-state index < -0.39 is 11.7 Å². The van der Waals surface area contributed by atoms with E-state index in [1.807, 2.05) is 0 Å². The van der Waals surface area contributed by atoms with E-state index in [1.54, 1.807) is 6.92 Å². The summed E-state index contributed by atoms with van der Waals surface area (Å²) in [5, 5.41) is 0.507. The summed E-state index contributed by atoms with van der Waals surface area (Å²) in [5.74, 6) is -0.447. The molecule has 0 fully saturated rings. The van der Waals surface area contributed by atoms with Crippen molar-refractivity contribution in [3.05, 3.63) is 35.3 Å². The van der Waals surface area contributed by atoms with E-state index >= 15 is 0 Å². The molecule has 0 aliphatic heterocycles. The fourth-order valence-corrected chi connectivity index (χ4v) is 1.62. The van der Waals surface area contributed by atoms with Crippen molar-refractivity contribution in [3.8, 4) is 0 Å². The van der Waals surface area contributed by atoms with Crippen LogP contribution in [0.1, 0.15) is 28.8 Å². The number of rotatable bonds is 1. The first-order valence-electron chi connectivity index (χ1n) is 5.15. The Labute approximate surface area is 101 Å². The molecule has 0 atom stereocenters. The van der Waals surface area contributed by atoms with Crippen LogP contribution >= 0.6 is 0 Å². The molecule has 1 heterocycles. The fraction of sp³-hybridized carbons (Fsp3) is 0.250. The molecule has 0 aliphatic carbocycles. The fourth-order valence-electron chi connectivity index (χ4n) is 1.62. The van der Waals surface area contributed by atoms with Crippen LogP contribution in [-0.2, 0) is 6.18 Å². The van der Waals surface area contributed by atoms with Crippen LogP contribution in [0.2, 0.25) is 0 Å². The van der Waals surface area contributed by atoms with Gasteiger partial charge in [-0.2, -0.15) is 13.2 Å². The summed E-state index contributed by atoms with van der Waals surface area (Å²) in [6, 6.07) is 3.22. The number of carbonyl (C=O) groups is 1. The first kappa shape index (κ1) is 12.5. The second-order valence-electron chi connectivity index (χ2n) is 3.92. The zero-order valence-corrected chi connectivity index (χ0v) is 9.67. The smallest absolute Gasteiger partial charge is 0.291 e. The monoisotopic (exact) mass is 254 g/mol. The number of carbonyl (C=O) groups excluding carboxylic acids is 1. The Morgan fingerprint density at radius 1 is 1.22 bits per heavy atom. The maximum absolute atomic E-state index is 12.6. The van der Waals surface area contributed by atoms with Crippen LogP contribution in [-0.4, -0.2) is 15.8 Å². The van der Waals surface area contributed by atoms with Gasteiger partial charge >= 0.3 is 6.18 Å². The number of ketones is 1. The van der Waals surface area contributed by atoms with Gasteiger partial charge in [-0.1, -0.05) is 6.07 Å². The van der Waals surface area contributed by atoms with E-state index in [9.17, 15) is 18.0 Å². The number of aryl methyl sites for hydroxylation is 1. The van der Waals surface area contributed by atoms with Crippen LogP contribution in [0, 0.1) is 6.92 Å². The summed E-state index contributed by atoms with van der Waals surface area (Å²) >= 11 is 0. The zero-order chi connectivity index (χ0) is 13.5. The molecule has 0 amide bonds. The maximum Gasteiger partial charge on any atom is 0.416 e. The van der Waals surface area contributed by atoms with Gasteiger partial charge in [0.05, 0.1) is 11.1 Å². The van der Waals surface area contributed by atoms with Gasteiger partial charge in [0.15, 0.2) is 11.6 Å². The molecular weight excluding hydrogens is 245 g/mol. The third-order valence-corrected chi connectivity index (χ3v) is 2.53. The molecule has 1 aromatic heterocycles. The predicted molar refractivity (Wildman–Crippen MR) is 59.3 cm³/mol. The third-order valence-electron chi connectivity index (χ3n) is 2.53. The minimum Gasteiger partial charge on any atom is -0.291 e. The van der Waals surface area contributed by atoms with Crippen molar-refractivity contribution < 1.29 is 18.0 Å². The molecule has 1 aromatic carbocycles. The summed E-state index contributed by atoms with van der Waals surface area (Å²) in [7, 11) is 0. The van der Waals surface area contributed by atoms with E-state index in [-0.39, 0.29) is 17.1 Å². The largest absolute Gasteiger partial charge is 0.416 e. The van der Waals surface area contributed by atoms with Gasteiger partial charge in [0, 0.05) is 18.0 Å². The SMILES string of the molecule is CC(=O)c1nc(C)c2ccc(C(F)(F)F)cc2n1. The molecule has 0 radical (unpaired) electrons. The highest BCUT2D eigenvalue weighted by Crippen LogP contribution is 2.31. The Bertz CT molecular complexity index is 635. The summed E-state index contributed by atoms with van der Waals surface area (Å²) in [6.45, 7) is 2.90. The lowest BCUT2D eigenvalue weighted by molar-refractivity contribution is -0.137. The van der Waals surface area contributed by atoms with Crippen LogP contribution in [0.5, 0.6) is 0 Å². The van der Waals surface area contributed by atoms with Gasteiger partial charge in [-0.05, 0) is 19.1 Å². The van der Waals surface area contributed by atoms with Crippen LogP contribution < -0.4 is 0 Å². The molecule has 2 aromatic rings. The summed E-state index contributed by atoms with van der Waals surface area (Å²) < 4.78 is 37.7. The topological polar surface area (TPSA) is 42.9 Å². The zero-order valence-electron chi connectivity index (χ0n) is 9.67. The molecule has 94 valence electrons. The second-order valence-corrected chi connectivity index (χ2v) is 3.92. The van der Waals surface area contributed by atoms with Gasteiger partial charge in [0.2, 0.25) is 0 Å². The molecule has 3 nitrogen and oxygen atoms in total. The van der Waals surface area contributed by atoms with Crippen LogP contribution in [0.15, 0.2) is 18.2 Å². The number of halogens is 3. The Morgan fingerprint density at radius 3 is 2.44 bits per heavy atom. The number of fused-ring (bicyclic) bond motifs is 1. The van der Waals surface area contributed by atoms with Crippen molar-refractivity contribution >= 4 is 16.7 Å². The maximum atomic E-state index is 12.6. The van der Waals surface area contributed by atoms with Gasteiger partial charge in [-0.3, -0.25) is 4.79 Å². The van der Waals surface area contributed by atoms with Gasteiger partial charge < -0.3 is 0 Å². The van der Waals surface area contributed by atoms with E-state index in [1.165, 1.54) is 13.0 Å². The highest BCUT2D eigenvalue weighted by atomic mass is 19.4. The number of alkyl halides is 3. The molecular formula is C12H9F3N2O. The number of aromatic nitrogens is 2. The van der Waals surface area contributed by atoms with E-state index in [0.29, 0.717) is 11.1 Å². The lowest BCUT2D eigenvalue weighted by Gasteiger charge is -2.08. The Kier molecular flexibility index (Phi) is 2.80. The minimum atomic E-state index is -4.43. The second kappa shape index (κ2) is 4.04. The molecule has 0 bridgehead atoms. The molecule has 6 heteroatoms. The van der Waals surface area contributed by atoms with E-state index in [0.717, 1.165) is 12.1 Å². The predicted octanol–water partition coefficient (Wildman–Crippen LogP) is 3.16. The average Bonchev–Trinajstić information content (AvgIpc) is 2.26. The third kappa shape index (κ3) is 2.18. The first-order valence-corrected chi connectivity index (χ1v) is 5.15. The molecule has 0 spiro atoms. The molecule has 0 saturated carbocycles. The van der Waals surface area contributed by atoms with Gasteiger partial charge in [-0.25, -0.2) is 9.97 Å². The van der Waals surface area contributed by atoms with Crippen molar-refractivity contribution in [2.24, 2.45) is 0 Å². The summed E-state index contributed by atoms with van der Waals surface area (Å²) in [5.41, 5.74) is -0.177. The standard InChI is InChI=1S/C12H9F3N2O/c1-6-9-4-3-8(12(13,14)15)5-10(9)17-11(16-6)7(2)18/h3-5H,1-2H3. The van der Waals surface area contributed by atoms with E-state index in [2.05, 4.69) is 9.97 Å². The molecule has 2 rings (SSSR count). The van der Waals surface area contributed by atoms with E-state index in [4.69, 9.17) is 0 Å². The number of Topliss-reactive ketones (excluding diaryl/α,β-unsaturated/α-hetero) is 1. The first-order chi connectivity index (χ1) is 8.29. The Balaban J connectivity index is 2.72. The van der Waals surface area contributed by atoms with Crippen molar-refractivity contribution in [2.75, 3.05) is 0 Å².